The standard InChI is InChI=1S/C20H27N3O/c1-16(2)20-21-11-10-18(22-20)14-23-12-13-24-19(15-23)9-8-17-6-4-3-5-7-17/h3-7,10-11,16,19H,8-9,12-15H2,1-2H3/t19-/m0/s1. The molecule has 1 aromatic carbocycles. The average Bonchev–Trinajstić information content (AvgIpc) is 2.61. The third-order valence-corrected chi connectivity index (χ3v) is 4.45. The minimum absolute atomic E-state index is 0.311. The quantitative estimate of drug-likeness (QED) is 0.815. The maximum Gasteiger partial charge on any atom is 0.131 e. The van der Waals surface area contributed by atoms with Crippen LogP contribution in [0, 0.1) is 0 Å². The minimum Gasteiger partial charge on any atom is -0.376 e. The number of benzene rings is 1. The van der Waals surface area contributed by atoms with Gasteiger partial charge < -0.3 is 4.74 Å². The van der Waals surface area contributed by atoms with E-state index >= 15 is 0 Å². The van der Waals surface area contributed by atoms with Gasteiger partial charge in [0.2, 0.25) is 0 Å². The first kappa shape index (κ1) is 17.1. The topological polar surface area (TPSA) is 38.2 Å². The molecule has 0 unspecified atom stereocenters. The molecule has 2 aromatic rings. The van der Waals surface area contributed by atoms with Crippen LogP contribution in [0.25, 0.3) is 0 Å². The van der Waals surface area contributed by atoms with Crippen LogP contribution in [-0.2, 0) is 17.7 Å². The van der Waals surface area contributed by atoms with Crippen LogP contribution >= 0.6 is 0 Å². The van der Waals surface area contributed by atoms with Crippen LogP contribution in [0.2, 0.25) is 0 Å². The van der Waals surface area contributed by atoms with Crippen LogP contribution in [0.5, 0.6) is 0 Å². The first-order chi connectivity index (χ1) is 11.7. The Morgan fingerprint density at radius 2 is 2.04 bits per heavy atom. The van der Waals surface area contributed by atoms with Crippen molar-refractivity contribution in [1.29, 1.82) is 0 Å². The van der Waals surface area contributed by atoms with E-state index in [2.05, 4.69) is 54.1 Å². The van der Waals surface area contributed by atoms with Crippen LogP contribution in [0.1, 0.15) is 43.3 Å². The second kappa shape index (κ2) is 8.36. The number of nitrogens with zero attached hydrogens (tertiary/aromatic N) is 3. The van der Waals surface area contributed by atoms with Gasteiger partial charge in [-0.2, -0.15) is 0 Å². The van der Waals surface area contributed by atoms with E-state index in [9.17, 15) is 0 Å². The normalized spacial score (nSPS) is 18.9. The molecule has 1 fully saturated rings. The molecule has 24 heavy (non-hydrogen) atoms. The minimum atomic E-state index is 0.311. The van der Waals surface area contributed by atoms with E-state index in [0.717, 1.165) is 50.6 Å². The number of aromatic nitrogens is 2. The van der Waals surface area contributed by atoms with Crippen molar-refractivity contribution in [1.82, 2.24) is 14.9 Å². The van der Waals surface area contributed by atoms with Crippen molar-refractivity contribution in [2.45, 2.75) is 45.3 Å². The highest BCUT2D eigenvalue weighted by atomic mass is 16.5. The summed E-state index contributed by atoms with van der Waals surface area (Å²) in [6, 6.07) is 12.7. The molecule has 0 radical (unpaired) electrons. The molecule has 1 aromatic heterocycles. The lowest BCUT2D eigenvalue weighted by molar-refractivity contribution is -0.0349. The first-order valence-electron chi connectivity index (χ1n) is 8.90. The van der Waals surface area contributed by atoms with Gasteiger partial charge in [0, 0.05) is 31.7 Å². The van der Waals surface area contributed by atoms with Gasteiger partial charge in [-0.1, -0.05) is 44.2 Å². The molecule has 128 valence electrons. The van der Waals surface area contributed by atoms with Crippen molar-refractivity contribution in [2.75, 3.05) is 19.7 Å². The zero-order valence-electron chi connectivity index (χ0n) is 14.7. The molecule has 1 aliphatic rings. The van der Waals surface area contributed by atoms with E-state index in [-0.39, 0.29) is 0 Å². The highest BCUT2D eigenvalue weighted by Crippen LogP contribution is 2.15. The lowest BCUT2D eigenvalue weighted by Gasteiger charge is -2.32. The Labute approximate surface area is 144 Å². The van der Waals surface area contributed by atoms with Crippen LogP contribution in [0.15, 0.2) is 42.6 Å². The maximum atomic E-state index is 5.96. The SMILES string of the molecule is CC(C)c1nccc(CN2CCO[C@@H](CCc3ccccc3)C2)n1. The second-order valence-corrected chi connectivity index (χ2v) is 6.81. The van der Waals surface area contributed by atoms with E-state index in [4.69, 9.17) is 9.72 Å². The second-order valence-electron chi connectivity index (χ2n) is 6.81. The number of hydrogen-bond acceptors (Lipinski definition) is 4. The van der Waals surface area contributed by atoms with Crippen molar-refractivity contribution in [3.05, 3.63) is 59.7 Å². The van der Waals surface area contributed by atoms with Crippen molar-refractivity contribution in [2.24, 2.45) is 0 Å². The summed E-state index contributed by atoms with van der Waals surface area (Å²) in [6.45, 7) is 7.91. The highest BCUT2D eigenvalue weighted by molar-refractivity contribution is 5.14. The molecular weight excluding hydrogens is 298 g/mol. The lowest BCUT2D eigenvalue weighted by atomic mass is 10.1. The molecule has 0 amide bonds. The van der Waals surface area contributed by atoms with E-state index in [1.54, 1.807) is 0 Å². The van der Waals surface area contributed by atoms with Gasteiger partial charge in [-0.05, 0) is 24.5 Å². The summed E-state index contributed by atoms with van der Waals surface area (Å²) < 4.78 is 5.96. The number of aryl methyl sites for hydroxylation is 1. The molecule has 2 heterocycles. The first-order valence-corrected chi connectivity index (χ1v) is 8.90. The monoisotopic (exact) mass is 325 g/mol. The summed E-state index contributed by atoms with van der Waals surface area (Å²) in [5, 5.41) is 0. The Kier molecular flexibility index (Phi) is 5.94. The van der Waals surface area contributed by atoms with Crippen molar-refractivity contribution < 1.29 is 4.74 Å². The van der Waals surface area contributed by atoms with E-state index < -0.39 is 0 Å². The van der Waals surface area contributed by atoms with Gasteiger partial charge in [0.1, 0.15) is 5.82 Å². The third-order valence-electron chi connectivity index (χ3n) is 4.45. The molecule has 4 nitrogen and oxygen atoms in total. The summed E-state index contributed by atoms with van der Waals surface area (Å²) in [5.74, 6) is 1.30. The van der Waals surface area contributed by atoms with E-state index in [1.165, 1.54) is 5.56 Å². The fraction of sp³-hybridized carbons (Fsp3) is 0.500. The fourth-order valence-corrected chi connectivity index (χ4v) is 3.08. The van der Waals surface area contributed by atoms with Gasteiger partial charge in [0.25, 0.3) is 0 Å². The molecule has 1 saturated heterocycles. The van der Waals surface area contributed by atoms with Gasteiger partial charge in [0.05, 0.1) is 18.4 Å². The molecule has 1 atom stereocenters. The van der Waals surface area contributed by atoms with Crippen molar-refractivity contribution in [3.8, 4) is 0 Å². The van der Waals surface area contributed by atoms with Crippen LogP contribution in [0.3, 0.4) is 0 Å². The molecule has 0 aliphatic carbocycles. The number of ether oxygens (including phenoxy) is 1. The molecule has 1 aliphatic heterocycles. The Balaban J connectivity index is 1.53. The summed E-state index contributed by atoms with van der Waals surface area (Å²) in [6.07, 6.45) is 4.34. The van der Waals surface area contributed by atoms with Crippen LogP contribution < -0.4 is 0 Å². The van der Waals surface area contributed by atoms with Crippen LogP contribution in [-0.4, -0.2) is 40.7 Å². The summed E-state index contributed by atoms with van der Waals surface area (Å²) in [5.41, 5.74) is 2.49. The van der Waals surface area contributed by atoms with Gasteiger partial charge in [-0.3, -0.25) is 4.90 Å². The lowest BCUT2D eigenvalue weighted by Crippen LogP contribution is -2.42. The average molecular weight is 325 g/mol. The number of rotatable bonds is 6. The van der Waals surface area contributed by atoms with E-state index in [0.29, 0.717) is 12.0 Å². The fourth-order valence-electron chi connectivity index (χ4n) is 3.08. The summed E-state index contributed by atoms with van der Waals surface area (Å²) in [7, 11) is 0. The molecule has 0 spiro atoms. The van der Waals surface area contributed by atoms with Gasteiger partial charge in [-0.15, -0.1) is 0 Å². The Hall–Kier alpha value is -1.78. The van der Waals surface area contributed by atoms with Gasteiger partial charge >= 0.3 is 0 Å². The molecule has 0 bridgehead atoms. The molecule has 0 saturated carbocycles. The zero-order chi connectivity index (χ0) is 16.8. The largest absolute Gasteiger partial charge is 0.376 e. The molecule has 3 rings (SSSR count). The predicted octanol–water partition coefficient (Wildman–Crippen LogP) is 3.43. The number of morpholine rings is 1. The smallest absolute Gasteiger partial charge is 0.131 e. The van der Waals surface area contributed by atoms with Gasteiger partial charge in [-0.25, -0.2) is 9.97 Å². The van der Waals surface area contributed by atoms with Crippen molar-refractivity contribution in [3.63, 3.8) is 0 Å². The van der Waals surface area contributed by atoms with E-state index in [1.807, 2.05) is 12.3 Å². The number of hydrogen-bond donors (Lipinski definition) is 0. The predicted molar refractivity (Wildman–Crippen MR) is 95.9 cm³/mol. The summed E-state index contributed by atoms with van der Waals surface area (Å²) in [4.78, 5) is 11.5. The highest BCUT2D eigenvalue weighted by Gasteiger charge is 2.21. The molecular formula is C20H27N3O. The molecule has 4 heteroatoms. The Morgan fingerprint density at radius 1 is 1.21 bits per heavy atom. The third kappa shape index (κ3) is 4.86. The van der Waals surface area contributed by atoms with Crippen LogP contribution in [0.4, 0.5) is 0 Å². The molecule has 0 N–H and O–H groups in total. The Morgan fingerprint density at radius 3 is 2.83 bits per heavy atom. The summed E-state index contributed by atoms with van der Waals surface area (Å²) >= 11 is 0. The van der Waals surface area contributed by atoms with Crippen molar-refractivity contribution >= 4 is 0 Å². The maximum absolute atomic E-state index is 5.96. The Bertz CT molecular complexity index is 630. The zero-order valence-corrected chi connectivity index (χ0v) is 14.7. The van der Waals surface area contributed by atoms with Gasteiger partial charge in [0.15, 0.2) is 0 Å².